The van der Waals surface area contributed by atoms with E-state index in [0.717, 1.165) is 0 Å². The van der Waals surface area contributed by atoms with E-state index in [4.69, 9.17) is 11.0 Å². The molecule has 0 radical (unpaired) electrons. The Bertz CT molecular complexity index is 470. The Hall–Kier alpha value is -2.14. The largest absolute Gasteiger partial charge is 0.326 e. The van der Waals surface area contributed by atoms with Gasteiger partial charge in [0, 0.05) is 12.1 Å². The van der Waals surface area contributed by atoms with Crippen molar-refractivity contribution in [3.63, 3.8) is 0 Å². The number of pyridine rings is 1. The van der Waals surface area contributed by atoms with E-state index in [1.54, 1.807) is 6.07 Å². The highest BCUT2D eigenvalue weighted by atomic mass is 19.3. The molecule has 0 aliphatic rings. The Morgan fingerprint density at radius 1 is 1.69 bits per heavy atom. The number of aromatic nitrogens is 1. The Balaban J connectivity index is 3.58. The van der Waals surface area contributed by atoms with Gasteiger partial charge in [-0.1, -0.05) is 0 Å². The first kappa shape index (κ1) is 11.9. The Labute approximate surface area is 88.5 Å². The third kappa shape index (κ3) is 1.94. The van der Waals surface area contributed by atoms with Gasteiger partial charge in [-0.15, -0.1) is 0 Å². The zero-order chi connectivity index (χ0) is 12.3. The van der Waals surface area contributed by atoms with Gasteiger partial charge in [-0.3, -0.25) is 10.1 Å². The molecule has 2 N–H and O–H groups in total. The molecule has 8 heteroatoms. The van der Waals surface area contributed by atoms with Crippen LogP contribution in [0.25, 0.3) is 0 Å². The summed E-state index contributed by atoms with van der Waals surface area (Å²) in [5.74, 6) is 0. The van der Waals surface area contributed by atoms with Crippen LogP contribution in [0.1, 0.15) is 23.2 Å². The van der Waals surface area contributed by atoms with Crippen molar-refractivity contribution in [2.45, 2.75) is 13.0 Å². The van der Waals surface area contributed by atoms with Gasteiger partial charge in [0.15, 0.2) is 0 Å². The van der Waals surface area contributed by atoms with E-state index in [2.05, 4.69) is 4.98 Å². The van der Waals surface area contributed by atoms with Crippen LogP contribution in [0.15, 0.2) is 6.20 Å². The Morgan fingerprint density at radius 2 is 2.31 bits per heavy atom. The van der Waals surface area contributed by atoms with E-state index < -0.39 is 29.1 Å². The van der Waals surface area contributed by atoms with Gasteiger partial charge in [0.1, 0.15) is 23.5 Å². The lowest BCUT2D eigenvalue weighted by atomic mass is 10.1. The maximum absolute atomic E-state index is 12.7. The minimum absolute atomic E-state index is 0.285. The highest BCUT2D eigenvalue weighted by Crippen LogP contribution is 2.32. The summed E-state index contributed by atoms with van der Waals surface area (Å²) in [5.41, 5.74) is 2.93. The summed E-state index contributed by atoms with van der Waals surface area (Å²) < 4.78 is 25.3. The minimum atomic E-state index is -3.07. The molecule has 0 unspecified atom stereocenters. The van der Waals surface area contributed by atoms with E-state index in [1.165, 1.54) is 0 Å². The summed E-state index contributed by atoms with van der Waals surface area (Å²) in [6, 6.07) is 1.56. The van der Waals surface area contributed by atoms with Crippen molar-refractivity contribution in [3.8, 4) is 6.07 Å². The van der Waals surface area contributed by atoms with Gasteiger partial charge < -0.3 is 5.73 Å². The number of alkyl halides is 2. The summed E-state index contributed by atoms with van der Waals surface area (Å²) >= 11 is 0. The predicted molar refractivity (Wildman–Crippen MR) is 48.5 cm³/mol. The molecule has 0 fully saturated rings. The lowest BCUT2D eigenvalue weighted by molar-refractivity contribution is -0.386. The van der Waals surface area contributed by atoms with Crippen LogP contribution < -0.4 is 5.73 Å². The first-order valence-corrected chi connectivity index (χ1v) is 4.07. The fourth-order valence-corrected chi connectivity index (χ4v) is 1.25. The van der Waals surface area contributed by atoms with Crippen molar-refractivity contribution in [2.75, 3.05) is 0 Å². The molecular weight excluding hydrogens is 222 g/mol. The van der Waals surface area contributed by atoms with E-state index in [1.807, 2.05) is 0 Å². The summed E-state index contributed by atoms with van der Waals surface area (Å²) in [6.45, 7) is -0.406. The van der Waals surface area contributed by atoms with Crippen molar-refractivity contribution < 1.29 is 13.7 Å². The third-order valence-electron chi connectivity index (χ3n) is 1.93. The predicted octanol–water partition coefficient (Wildman–Crippen LogP) is 1.26. The average molecular weight is 228 g/mol. The van der Waals surface area contributed by atoms with Crippen LogP contribution >= 0.6 is 0 Å². The van der Waals surface area contributed by atoms with E-state index >= 15 is 0 Å². The zero-order valence-electron chi connectivity index (χ0n) is 7.85. The molecular formula is C8H6F2N4O2. The SMILES string of the molecule is N#Cc1ncc([N+](=O)[O-])c(C(F)F)c1CN. The van der Waals surface area contributed by atoms with Crippen LogP contribution in [0, 0.1) is 21.4 Å². The molecule has 16 heavy (non-hydrogen) atoms. The van der Waals surface area contributed by atoms with Crippen LogP contribution in [0.3, 0.4) is 0 Å². The van der Waals surface area contributed by atoms with Crippen LogP contribution in [-0.2, 0) is 6.54 Å². The van der Waals surface area contributed by atoms with Crippen molar-refractivity contribution in [3.05, 3.63) is 33.1 Å². The van der Waals surface area contributed by atoms with E-state index in [9.17, 15) is 18.9 Å². The monoisotopic (exact) mass is 228 g/mol. The molecule has 6 nitrogen and oxygen atoms in total. The van der Waals surface area contributed by atoms with Gasteiger partial charge in [-0.25, -0.2) is 13.8 Å². The molecule has 1 rings (SSSR count). The second-order valence-electron chi connectivity index (χ2n) is 2.76. The number of nitrogens with two attached hydrogens (primary N) is 1. The Kier molecular flexibility index (Phi) is 3.42. The number of nitriles is 1. The third-order valence-corrected chi connectivity index (χ3v) is 1.93. The van der Waals surface area contributed by atoms with Crippen molar-refractivity contribution in [2.24, 2.45) is 5.73 Å². The average Bonchev–Trinajstić information content (AvgIpc) is 2.26. The fraction of sp³-hybridized carbons (Fsp3) is 0.250. The van der Waals surface area contributed by atoms with Crippen molar-refractivity contribution in [1.82, 2.24) is 4.98 Å². The van der Waals surface area contributed by atoms with Gasteiger partial charge in [-0.2, -0.15) is 5.26 Å². The number of halogens is 2. The molecule has 0 atom stereocenters. The van der Waals surface area contributed by atoms with Gasteiger partial charge in [0.05, 0.1) is 4.92 Å². The topological polar surface area (TPSA) is 106 Å². The first-order chi connectivity index (χ1) is 7.52. The van der Waals surface area contributed by atoms with Crippen LogP contribution in [0.5, 0.6) is 0 Å². The van der Waals surface area contributed by atoms with E-state index in [-0.39, 0.29) is 11.3 Å². The lowest BCUT2D eigenvalue weighted by Gasteiger charge is -2.08. The molecule has 0 bridgehead atoms. The molecule has 1 aromatic rings. The molecule has 0 spiro atoms. The van der Waals surface area contributed by atoms with Crippen LogP contribution in [0.4, 0.5) is 14.5 Å². The van der Waals surface area contributed by atoms with Crippen LogP contribution in [-0.4, -0.2) is 9.91 Å². The van der Waals surface area contributed by atoms with Crippen LogP contribution in [0.2, 0.25) is 0 Å². The van der Waals surface area contributed by atoms with Crippen molar-refractivity contribution in [1.29, 1.82) is 5.26 Å². The molecule has 0 aliphatic carbocycles. The quantitative estimate of drug-likeness (QED) is 0.619. The van der Waals surface area contributed by atoms with Gasteiger partial charge in [0.2, 0.25) is 0 Å². The molecule has 84 valence electrons. The highest BCUT2D eigenvalue weighted by molar-refractivity contribution is 5.49. The second-order valence-corrected chi connectivity index (χ2v) is 2.76. The maximum atomic E-state index is 12.7. The van der Waals surface area contributed by atoms with E-state index in [0.29, 0.717) is 6.20 Å². The maximum Gasteiger partial charge on any atom is 0.296 e. The Morgan fingerprint density at radius 3 is 2.69 bits per heavy atom. The highest BCUT2D eigenvalue weighted by Gasteiger charge is 2.27. The molecule has 0 aliphatic heterocycles. The van der Waals surface area contributed by atoms with Gasteiger partial charge >= 0.3 is 0 Å². The number of hydrogen-bond donors (Lipinski definition) is 1. The number of rotatable bonds is 3. The zero-order valence-corrected chi connectivity index (χ0v) is 7.85. The molecule has 0 saturated carbocycles. The first-order valence-electron chi connectivity index (χ1n) is 4.07. The normalized spacial score (nSPS) is 10.2. The van der Waals surface area contributed by atoms with Crippen molar-refractivity contribution >= 4 is 5.69 Å². The molecule has 1 heterocycles. The standard InChI is InChI=1S/C8H6F2N4O2/c9-8(10)7-4(1-11)5(2-12)13-3-6(7)14(15)16/h3,8H,1,11H2. The summed E-state index contributed by atoms with van der Waals surface area (Å²) in [5, 5.41) is 19.1. The van der Waals surface area contributed by atoms with Gasteiger partial charge in [0.25, 0.3) is 12.1 Å². The molecule has 0 saturated heterocycles. The molecule has 0 amide bonds. The lowest BCUT2D eigenvalue weighted by Crippen LogP contribution is -2.09. The smallest absolute Gasteiger partial charge is 0.296 e. The van der Waals surface area contributed by atoms with Gasteiger partial charge in [-0.05, 0) is 0 Å². The summed E-state index contributed by atoms with van der Waals surface area (Å²) in [4.78, 5) is 12.9. The second kappa shape index (κ2) is 4.59. The molecule has 1 aromatic heterocycles. The summed E-state index contributed by atoms with van der Waals surface area (Å²) in [6.07, 6.45) is -2.44. The number of nitrogens with zero attached hydrogens (tertiary/aromatic N) is 3. The number of hydrogen-bond acceptors (Lipinski definition) is 5. The molecule has 0 aromatic carbocycles. The fourth-order valence-electron chi connectivity index (χ4n) is 1.25. The minimum Gasteiger partial charge on any atom is -0.326 e. The number of nitro groups is 1. The summed E-state index contributed by atoms with van der Waals surface area (Å²) in [7, 11) is 0.